The first-order valence-electron chi connectivity index (χ1n) is 16.1. The number of nitrogens with zero attached hydrogens (tertiary/aromatic N) is 8. The molecule has 0 spiro atoms. The van der Waals surface area contributed by atoms with Crippen molar-refractivity contribution in [3.05, 3.63) is 95.0 Å². The number of nitrogens with two attached hydrogens (primary N) is 1. The maximum atomic E-state index is 13.6. The molecule has 7 rings (SSSR count). The number of fused-ring (bicyclic) bond motifs is 3. The topological polar surface area (TPSA) is 162 Å². The number of nitrogens with one attached hydrogen (secondary N) is 1. The number of hydrogen-bond acceptors (Lipinski definition) is 10. The second-order valence-electron chi connectivity index (χ2n) is 12.5. The summed E-state index contributed by atoms with van der Waals surface area (Å²) in [5.41, 5.74) is 9.07. The molecular formula is C35H33F3N10O2. The van der Waals surface area contributed by atoms with Crippen LogP contribution in [0.4, 0.5) is 19.1 Å². The molecule has 1 fully saturated rings. The molecule has 1 atom stereocenters. The van der Waals surface area contributed by atoms with Crippen molar-refractivity contribution in [1.29, 1.82) is 5.41 Å². The van der Waals surface area contributed by atoms with Crippen LogP contribution in [0.3, 0.4) is 0 Å². The number of anilines is 1. The zero-order chi connectivity index (χ0) is 35.2. The van der Waals surface area contributed by atoms with Crippen molar-refractivity contribution in [2.45, 2.75) is 57.3 Å². The smallest absolute Gasteiger partial charge is 0.434 e. The predicted octanol–water partition coefficient (Wildman–Crippen LogP) is 5.78. The van der Waals surface area contributed by atoms with Gasteiger partial charge in [0.1, 0.15) is 24.0 Å². The number of primary amides is 1. The van der Waals surface area contributed by atoms with Gasteiger partial charge in [-0.2, -0.15) is 18.2 Å². The number of aryl methyl sites for hydroxylation is 1. The molecule has 5 aromatic rings. The standard InChI is InChI=1S/C35H33F3N10O2/c1-19-7-9-22-13-20(8-12-23(22)32-45-27(16-48(19)32)35(36,37)38)14-47(15-26(39)24-5-3-4-6-25(24)30(40)49)34-44-18-42-31(46-34)28-29(21-10-11-21)41-17-43-33(28)50-2/h3-6,8,12-13,16-19,21,39H,7,9-11,14-15H2,1-2H3,(H2,40,49)/t19-/m0/s1. The Balaban J connectivity index is 1.28. The summed E-state index contributed by atoms with van der Waals surface area (Å²) in [5.74, 6) is 0.750. The van der Waals surface area contributed by atoms with Crippen LogP contribution in [0.1, 0.15) is 76.6 Å². The van der Waals surface area contributed by atoms with Gasteiger partial charge in [0.2, 0.25) is 17.7 Å². The number of benzene rings is 2. The number of ether oxygens (including phenoxy) is 1. The lowest BCUT2D eigenvalue weighted by atomic mass is 9.99. The highest BCUT2D eigenvalue weighted by atomic mass is 19.4. The molecule has 0 unspecified atom stereocenters. The van der Waals surface area contributed by atoms with Gasteiger partial charge in [-0.1, -0.05) is 36.4 Å². The quantitative estimate of drug-likeness (QED) is 0.174. The highest BCUT2D eigenvalue weighted by molar-refractivity contribution is 6.10. The molecule has 15 heteroatoms. The number of hydrogen-bond donors (Lipinski definition) is 2. The zero-order valence-corrected chi connectivity index (χ0v) is 27.3. The molecule has 1 aliphatic carbocycles. The maximum Gasteiger partial charge on any atom is 0.434 e. The van der Waals surface area contributed by atoms with Gasteiger partial charge >= 0.3 is 6.18 Å². The van der Waals surface area contributed by atoms with Crippen LogP contribution >= 0.6 is 0 Å². The third-order valence-corrected chi connectivity index (χ3v) is 9.04. The molecule has 0 saturated heterocycles. The van der Waals surface area contributed by atoms with Crippen molar-refractivity contribution in [2.24, 2.45) is 5.73 Å². The van der Waals surface area contributed by atoms with Gasteiger partial charge in [-0.25, -0.2) is 24.9 Å². The van der Waals surface area contributed by atoms with Crippen molar-refractivity contribution in [3.63, 3.8) is 0 Å². The van der Waals surface area contributed by atoms with E-state index in [9.17, 15) is 18.0 Å². The maximum absolute atomic E-state index is 13.6. The fraction of sp³-hybridized carbons (Fsp3) is 0.314. The average Bonchev–Trinajstić information content (AvgIpc) is 3.88. The van der Waals surface area contributed by atoms with Crippen LogP contribution in [0.25, 0.3) is 22.8 Å². The Kier molecular flexibility index (Phi) is 8.49. The minimum absolute atomic E-state index is 0.0148. The second-order valence-corrected chi connectivity index (χ2v) is 12.5. The van der Waals surface area contributed by atoms with E-state index in [1.165, 1.54) is 19.8 Å². The number of carbonyl (C=O) groups is 1. The van der Waals surface area contributed by atoms with Gasteiger partial charge in [-0.05, 0) is 49.8 Å². The zero-order valence-electron chi connectivity index (χ0n) is 27.3. The van der Waals surface area contributed by atoms with Crippen LogP contribution in [0.5, 0.6) is 5.88 Å². The van der Waals surface area contributed by atoms with E-state index in [2.05, 4.69) is 24.9 Å². The molecule has 1 aliphatic heterocycles. The molecule has 12 nitrogen and oxygen atoms in total. The van der Waals surface area contributed by atoms with Gasteiger partial charge < -0.3 is 25.3 Å². The fourth-order valence-corrected chi connectivity index (χ4v) is 6.37. The van der Waals surface area contributed by atoms with E-state index < -0.39 is 17.8 Å². The Bertz CT molecular complexity index is 2110. The van der Waals surface area contributed by atoms with Crippen LogP contribution < -0.4 is 15.4 Å². The predicted molar refractivity (Wildman–Crippen MR) is 178 cm³/mol. The molecule has 2 aromatic carbocycles. The van der Waals surface area contributed by atoms with Crippen molar-refractivity contribution < 1.29 is 22.7 Å². The van der Waals surface area contributed by atoms with E-state index in [-0.39, 0.29) is 48.1 Å². The molecule has 3 N–H and O–H groups in total. The first-order chi connectivity index (χ1) is 24.0. The van der Waals surface area contributed by atoms with Gasteiger partial charge in [-0.15, -0.1) is 0 Å². The van der Waals surface area contributed by atoms with Crippen LogP contribution in [0, 0.1) is 5.41 Å². The summed E-state index contributed by atoms with van der Waals surface area (Å²) in [6, 6.07) is 12.0. The molecule has 4 heterocycles. The summed E-state index contributed by atoms with van der Waals surface area (Å²) in [6.07, 6.45) is 2.56. The molecule has 0 bridgehead atoms. The van der Waals surface area contributed by atoms with E-state index in [0.717, 1.165) is 35.9 Å². The second kappa shape index (κ2) is 12.9. The molecule has 3 aromatic heterocycles. The van der Waals surface area contributed by atoms with Crippen molar-refractivity contribution in [2.75, 3.05) is 18.6 Å². The number of amides is 1. The van der Waals surface area contributed by atoms with Gasteiger partial charge in [-0.3, -0.25) is 4.79 Å². The van der Waals surface area contributed by atoms with Crippen LogP contribution in [0.2, 0.25) is 0 Å². The lowest BCUT2D eigenvalue weighted by Crippen LogP contribution is -2.32. The van der Waals surface area contributed by atoms with Crippen LogP contribution in [0.15, 0.2) is 61.3 Å². The third kappa shape index (κ3) is 6.37. The Labute approximate surface area is 285 Å². The van der Waals surface area contributed by atoms with E-state index >= 15 is 0 Å². The summed E-state index contributed by atoms with van der Waals surface area (Å²) in [6.45, 7) is 2.09. The molecule has 256 valence electrons. The summed E-state index contributed by atoms with van der Waals surface area (Å²) in [5, 5.41) is 9.06. The first kappa shape index (κ1) is 32.8. The van der Waals surface area contributed by atoms with Gasteiger partial charge in [0.25, 0.3) is 0 Å². The largest absolute Gasteiger partial charge is 0.480 e. The Hall–Kier alpha value is -5.73. The highest BCUT2D eigenvalue weighted by Gasteiger charge is 2.36. The summed E-state index contributed by atoms with van der Waals surface area (Å²) in [7, 11) is 1.52. The highest BCUT2D eigenvalue weighted by Crippen LogP contribution is 2.45. The van der Waals surface area contributed by atoms with Crippen LogP contribution in [-0.2, 0) is 19.1 Å². The summed E-state index contributed by atoms with van der Waals surface area (Å²) < 4.78 is 48.1. The van der Waals surface area contributed by atoms with Crippen molar-refractivity contribution in [3.8, 4) is 28.7 Å². The average molecular weight is 683 g/mol. The van der Waals surface area contributed by atoms with Gasteiger partial charge in [0.15, 0.2) is 11.5 Å². The van der Waals surface area contributed by atoms with E-state index in [4.69, 9.17) is 20.9 Å². The number of carbonyl (C=O) groups excluding carboxylic acids is 1. The third-order valence-electron chi connectivity index (χ3n) is 9.04. The number of aromatic nitrogens is 7. The molecule has 0 radical (unpaired) electrons. The first-order valence-corrected chi connectivity index (χ1v) is 16.1. The Morgan fingerprint density at radius 2 is 1.80 bits per heavy atom. The molecular weight excluding hydrogens is 649 g/mol. The molecule has 50 heavy (non-hydrogen) atoms. The normalized spacial score (nSPS) is 15.5. The monoisotopic (exact) mass is 682 g/mol. The van der Waals surface area contributed by atoms with Crippen molar-refractivity contribution >= 4 is 17.6 Å². The number of imidazole rings is 1. The van der Waals surface area contributed by atoms with E-state index in [1.807, 2.05) is 19.1 Å². The minimum Gasteiger partial charge on any atom is -0.480 e. The van der Waals surface area contributed by atoms with Crippen LogP contribution in [-0.4, -0.2) is 59.7 Å². The number of halogens is 3. The Morgan fingerprint density at radius 1 is 1.04 bits per heavy atom. The number of alkyl halides is 3. The number of methoxy groups -OCH3 is 1. The summed E-state index contributed by atoms with van der Waals surface area (Å²) >= 11 is 0. The molecule has 1 saturated carbocycles. The van der Waals surface area contributed by atoms with E-state index in [1.54, 1.807) is 39.8 Å². The number of rotatable bonds is 10. The Morgan fingerprint density at radius 3 is 2.52 bits per heavy atom. The lowest BCUT2D eigenvalue weighted by Gasteiger charge is -2.24. The molecule has 1 amide bonds. The van der Waals surface area contributed by atoms with Crippen molar-refractivity contribution in [1.82, 2.24) is 34.5 Å². The SMILES string of the molecule is COc1ncnc(C2CC2)c1-c1ncnc(N(CC(=N)c2ccccc2C(N)=O)Cc2ccc3c(c2)CC[C@H](C)n2cc(C(F)(F)F)nc2-3)n1. The lowest BCUT2D eigenvalue weighted by molar-refractivity contribution is -0.140. The molecule has 2 aliphatic rings. The minimum atomic E-state index is -4.56. The van der Waals surface area contributed by atoms with Gasteiger partial charge in [0.05, 0.1) is 25.1 Å². The van der Waals surface area contributed by atoms with E-state index in [0.29, 0.717) is 41.2 Å². The fourth-order valence-electron chi connectivity index (χ4n) is 6.37. The van der Waals surface area contributed by atoms with Gasteiger partial charge in [0, 0.05) is 41.4 Å². The summed E-state index contributed by atoms with van der Waals surface area (Å²) in [4.78, 5) is 40.6.